The minimum absolute atomic E-state index is 0.0659. The Kier molecular flexibility index (Phi) is 7.14. The lowest BCUT2D eigenvalue weighted by atomic mass is 10.2. The zero-order chi connectivity index (χ0) is 19.8. The van der Waals surface area contributed by atoms with E-state index in [0.29, 0.717) is 18.1 Å². The van der Waals surface area contributed by atoms with Crippen LogP contribution in [0.4, 0.5) is 11.4 Å². The molecule has 0 bridgehead atoms. The van der Waals surface area contributed by atoms with Crippen LogP contribution in [0.2, 0.25) is 0 Å². The van der Waals surface area contributed by atoms with Gasteiger partial charge in [0, 0.05) is 26.2 Å². The van der Waals surface area contributed by atoms with Crippen LogP contribution in [0.3, 0.4) is 0 Å². The van der Waals surface area contributed by atoms with Gasteiger partial charge in [-0.1, -0.05) is 31.2 Å². The van der Waals surface area contributed by atoms with Crippen LogP contribution < -0.4 is 19.7 Å². The van der Waals surface area contributed by atoms with Gasteiger partial charge in [0.2, 0.25) is 0 Å². The Morgan fingerprint density at radius 1 is 0.964 bits per heavy atom. The average molecular weight is 383 g/mol. The van der Waals surface area contributed by atoms with Crippen LogP contribution in [-0.4, -0.2) is 57.2 Å². The summed E-state index contributed by atoms with van der Waals surface area (Å²) in [6.45, 7) is 6.52. The van der Waals surface area contributed by atoms with E-state index >= 15 is 0 Å². The summed E-state index contributed by atoms with van der Waals surface area (Å²) < 4.78 is 11.4. The number of hydrogen-bond donors (Lipinski definition) is 1. The molecule has 150 valence electrons. The maximum Gasteiger partial charge on any atom is 0.262 e. The molecule has 0 aromatic heterocycles. The molecule has 1 N–H and O–H groups in total. The quantitative estimate of drug-likeness (QED) is 0.758. The van der Waals surface area contributed by atoms with Crippen LogP contribution >= 0.6 is 0 Å². The Morgan fingerprint density at radius 2 is 1.61 bits per heavy atom. The number of likely N-dealkylation sites (N-methyl/N-ethyl adjacent to an activating group) is 1. The number of hydrogen-bond acceptors (Lipinski definition) is 5. The average Bonchev–Trinajstić information content (AvgIpc) is 2.72. The molecular formula is C22H29N3O3. The maximum absolute atomic E-state index is 12.5. The predicted octanol–water partition coefficient (Wildman–Crippen LogP) is 3.24. The third-order valence-electron chi connectivity index (χ3n) is 4.69. The number of benzene rings is 2. The molecule has 2 aromatic rings. The number of amides is 1. The number of ether oxygens (including phenoxy) is 2. The molecule has 1 aliphatic rings. The van der Waals surface area contributed by atoms with Gasteiger partial charge in [0.1, 0.15) is 0 Å². The molecule has 3 rings (SSSR count). The molecule has 1 heterocycles. The van der Waals surface area contributed by atoms with Crippen molar-refractivity contribution in [2.24, 2.45) is 0 Å². The molecule has 1 amide bonds. The molecule has 1 aliphatic heterocycles. The summed E-state index contributed by atoms with van der Waals surface area (Å²) in [5, 5.41) is 2.99. The van der Waals surface area contributed by atoms with Crippen molar-refractivity contribution in [2.75, 3.05) is 56.7 Å². The highest BCUT2D eigenvalue weighted by Crippen LogP contribution is 2.28. The molecule has 2 aromatic carbocycles. The molecule has 0 radical (unpaired) electrons. The van der Waals surface area contributed by atoms with Crippen molar-refractivity contribution >= 4 is 17.3 Å². The van der Waals surface area contributed by atoms with Gasteiger partial charge in [0.05, 0.1) is 18.0 Å². The van der Waals surface area contributed by atoms with E-state index in [4.69, 9.17) is 9.47 Å². The van der Waals surface area contributed by atoms with Gasteiger partial charge < -0.3 is 24.6 Å². The first-order valence-electron chi connectivity index (χ1n) is 9.84. The molecule has 1 saturated heterocycles. The first-order valence-corrected chi connectivity index (χ1v) is 9.84. The second-order valence-electron chi connectivity index (χ2n) is 6.94. The first-order chi connectivity index (χ1) is 13.7. The number of carbonyl (C=O) groups is 1. The Bertz CT molecular complexity index is 773. The van der Waals surface area contributed by atoms with E-state index in [9.17, 15) is 4.79 Å². The highest BCUT2D eigenvalue weighted by molar-refractivity contribution is 5.95. The molecule has 6 heteroatoms. The summed E-state index contributed by atoms with van der Waals surface area (Å²) in [4.78, 5) is 17.1. The second-order valence-corrected chi connectivity index (χ2v) is 6.94. The molecule has 0 unspecified atom stereocenters. The molecule has 6 nitrogen and oxygen atoms in total. The minimum Gasteiger partial charge on any atom is -0.490 e. The van der Waals surface area contributed by atoms with Gasteiger partial charge in [-0.25, -0.2) is 0 Å². The lowest BCUT2D eigenvalue weighted by Gasteiger charge is -2.35. The molecular weight excluding hydrogens is 354 g/mol. The van der Waals surface area contributed by atoms with Gasteiger partial charge in [0.15, 0.2) is 18.1 Å². The Morgan fingerprint density at radius 3 is 2.32 bits per heavy atom. The van der Waals surface area contributed by atoms with Gasteiger partial charge in [-0.05, 0) is 37.7 Å². The van der Waals surface area contributed by atoms with Crippen molar-refractivity contribution in [3.8, 4) is 11.5 Å². The zero-order valence-electron chi connectivity index (χ0n) is 16.7. The summed E-state index contributed by atoms with van der Waals surface area (Å²) in [5.74, 6) is 1.06. The minimum atomic E-state index is -0.188. The number of carbonyl (C=O) groups excluding carboxylic acids is 1. The smallest absolute Gasteiger partial charge is 0.262 e. The second kappa shape index (κ2) is 9.99. The van der Waals surface area contributed by atoms with Gasteiger partial charge in [-0.15, -0.1) is 0 Å². The molecule has 0 saturated carbocycles. The standard InChI is InChI=1S/C22H29N3O3/c1-3-16-27-20-10-6-7-11-21(20)28-17-22(26)23-18-8-4-5-9-19(18)25-14-12-24(2)13-15-25/h4-11H,3,12-17H2,1-2H3,(H,23,26). The number of piperazine rings is 1. The van der Waals surface area contributed by atoms with E-state index in [2.05, 4.69) is 35.2 Å². The predicted molar refractivity (Wildman–Crippen MR) is 113 cm³/mol. The first kappa shape index (κ1) is 20.0. The van der Waals surface area contributed by atoms with Crippen LogP contribution in [0.5, 0.6) is 11.5 Å². The van der Waals surface area contributed by atoms with Crippen molar-refractivity contribution in [3.05, 3.63) is 48.5 Å². The van der Waals surface area contributed by atoms with Crippen molar-refractivity contribution in [2.45, 2.75) is 13.3 Å². The highest BCUT2D eigenvalue weighted by atomic mass is 16.5. The maximum atomic E-state index is 12.5. The van der Waals surface area contributed by atoms with Crippen molar-refractivity contribution in [3.63, 3.8) is 0 Å². The molecule has 28 heavy (non-hydrogen) atoms. The van der Waals surface area contributed by atoms with E-state index in [1.165, 1.54) is 0 Å². The number of nitrogens with one attached hydrogen (secondary N) is 1. The van der Waals surface area contributed by atoms with Crippen LogP contribution in [-0.2, 0) is 4.79 Å². The largest absolute Gasteiger partial charge is 0.490 e. The van der Waals surface area contributed by atoms with E-state index < -0.39 is 0 Å². The lowest BCUT2D eigenvalue weighted by molar-refractivity contribution is -0.118. The molecule has 0 atom stereocenters. The van der Waals surface area contributed by atoms with Crippen molar-refractivity contribution < 1.29 is 14.3 Å². The third kappa shape index (κ3) is 5.39. The van der Waals surface area contributed by atoms with E-state index in [1.54, 1.807) is 0 Å². The van der Waals surface area contributed by atoms with Gasteiger partial charge in [0.25, 0.3) is 5.91 Å². The van der Waals surface area contributed by atoms with Crippen LogP contribution in [0, 0.1) is 0 Å². The van der Waals surface area contributed by atoms with Crippen LogP contribution in [0.1, 0.15) is 13.3 Å². The summed E-state index contributed by atoms with van der Waals surface area (Å²) in [5.41, 5.74) is 1.87. The third-order valence-corrected chi connectivity index (χ3v) is 4.69. The van der Waals surface area contributed by atoms with Gasteiger partial charge in [-0.3, -0.25) is 4.79 Å². The fourth-order valence-corrected chi connectivity index (χ4v) is 3.13. The normalized spacial score (nSPS) is 14.6. The summed E-state index contributed by atoms with van der Waals surface area (Å²) >= 11 is 0. The topological polar surface area (TPSA) is 54.0 Å². The highest BCUT2D eigenvalue weighted by Gasteiger charge is 2.18. The van der Waals surface area contributed by atoms with E-state index in [-0.39, 0.29) is 12.5 Å². The number of rotatable bonds is 8. The molecule has 0 aliphatic carbocycles. The van der Waals surface area contributed by atoms with E-state index in [1.807, 2.05) is 42.5 Å². The van der Waals surface area contributed by atoms with Crippen molar-refractivity contribution in [1.82, 2.24) is 4.90 Å². The SMILES string of the molecule is CCCOc1ccccc1OCC(=O)Nc1ccccc1N1CCN(C)CC1. The van der Waals surface area contributed by atoms with Crippen LogP contribution in [0.15, 0.2) is 48.5 Å². The Labute approximate surface area is 167 Å². The fourth-order valence-electron chi connectivity index (χ4n) is 3.13. The van der Waals surface area contributed by atoms with E-state index in [0.717, 1.165) is 44.0 Å². The lowest BCUT2D eigenvalue weighted by Crippen LogP contribution is -2.44. The summed E-state index contributed by atoms with van der Waals surface area (Å²) in [6.07, 6.45) is 0.915. The Hall–Kier alpha value is -2.73. The fraction of sp³-hybridized carbons (Fsp3) is 0.409. The Balaban J connectivity index is 1.60. The monoisotopic (exact) mass is 383 g/mol. The summed E-state index contributed by atoms with van der Waals surface area (Å²) in [7, 11) is 2.13. The molecule has 1 fully saturated rings. The summed E-state index contributed by atoms with van der Waals surface area (Å²) in [6, 6.07) is 15.4. The number of para-hydroxylation sites is 4. The number of anilines is 2. The zero-order valence-corrected chi connectivity index (χ0v) is 16.7. The molecule has 0 spiro atoms. The van der Waals surface area contributed by atoms with Gasteiger partial charge in [-0.2, -0.15) is 0 Å². The van der Waals surface area contributed by atoms with Crippen LogP contribution in [0.25, 0.3) is 0 Å². The van der Waals surface area contributed by atoms with Crippen molar-refractivity contribution in [1.29, 1.82) is 0 Å². The number of nitrogens with zero attached hydrogens (tertiary/aromatic N) is 2. The van der Waals surface area contributed by atoms with Gasteiger partial charge >= 0.3 is 0 Å².